The molecule has 0 spiro atoms. The van der Waals surface area contributed by atoms with Crippen molar-refractivity contribution in [2.24, 2.45) is 5.41 Å². The Morgan fingerprint density at radius 3 is 2.33 bits per heavy atom. The summed E-state index contributed by atoms with van der Waals surface area (Å²) in [6.45, 7) is 15.9. The Morgan fingerprint density at radius 2 is 1.71 bits per heavy atom. The van der Waals surface area contributed by atoms with Gasteiger partial charge in [-0.15, -0.1) is 0 Å². The van der Waals surface area contributed by atoms with Crippen LogP contribution in [0, 0.1) is 5.41 Å². The second-order valence-corrected chi connectivity index (χ2v) is 7.20. The predicted molar refractivity (Wildman–Crippen MR) is 94.4 cm³/mol. The summed E-state index contributed by atoms with van der Waals surface area (Å²) in [6, 6.07) is 0. The van der Waals surface area contributed by atoms with Gasteiger partial charge in [-0.3, -0.25) is 0 Å². The van der Waals surface area contributed by atoms with E-state index < -0.39 is 0 Å². The fourth-order valence-electron chi connectivity index (χ4n) is 2.24. The SMILES string of the molecule is CC(=C/C=C(\C)C(C)(C)C)/C=C/NCCN1CCCCC1. The van der Waals surface area contributed by atoms with Crippen LogP contribution in [-0.2, 0) is 0 Å². The third kappa shape index (κ3) is 8.11. The molecule has 2 nitrogen and oxygen atoms in total. The maximum absolute atomic E-state index is 3.40. The number of rotatable bonds is 6. The van der Waals surface area contributed by atoms with Crippen LogP contribution in [0.25, 0.3) is 0 Å². The lowest BCUT2D eigenvalue weighted by atomic mass is 9.87. The van der Waals surface area contributed by atoms with Gasteiger partial charge in [-0.25, -0.2) is 0 Å². The molecule has 0 saturated carbocycles. The van der Waals surface area contributed by atoms with Gasteiger partial charge in [-0.2, -0.15) is 0 Å². The fraction of sp³-hybridized carbons (Fsp3) is 0.684. The average molecular weight is 290 g/mol. The van der Waals surface area contributed by atoms with E-state index in [4.69, 9.17) is 0 Å². The van der Waals surface area contributed by atoms with Crippen LogP contribution >= 0.6 is 0 Å². The molecule has 120 valence electrons. The zero-order valence-electron chi connectivity index (χ0n) is 14.7. The first kappa shape index (κ1) is 18.0. The van der Waals surface area contributed by atoms with Crippen molar-refractivity contribution in [1.29, 1.82) is 0 Å². The van der Waals surface area contributed by atoms with E-state index in [-0.39, 0.29) is 5.41 Å². The third-order valence-electron chi connectivity index (χ3n) is 4.26. The van der Waals surface area contributed by atoms with Crippen molar-refractivity contribution in [2.75, 3.05) is 26.2 Å². The minimum atomic E-state index is 0.257. The van der Waals surface area contributed by atoms with E-state index in [9.17, 15) is 0 Å². The molecule has 1 rings (SSSR count). The molecular formula is C19H34N2. The molecule has 0 aromatic carbocycles. The Morgan fingerprint density at radius 1 is 1.05 bits per heavy atom. The summed E-state index contributed by atoms with van der Waals surface area (Å²) in [5.74, 6) is 0. The van der Waals surface area contributed by atoms with E-state index in [0.717, 1.165) is 13.1 Å². The Kier molecular flexibility index (Phi) is 7.81. The summed E-state index contributed by atoms with van der Waals surface area (Å²) >= 11 is 0. The monoisotopic (exact) mass is 290 g/mol. The Balaban J connectivity index is 2.25. The van der Waals surface area contributed by atoms with Gasteiger partial charge in [0.25, 0.3) is 0 Å². The summed E-state index contributed by atoms with van der Waals surface area (Å²) in [7, 11) is 0. The summed E-state index contributed by atoms with van der Waals surface area (Å²) < 4.78 is 0. The van der Waals surface area contributed by atoms with Crippen LogP contribution in [0.15, 0.2) is 35.6 Å². The molecule has 0 amide bonds. The van der Waals surface area contributed by atoms with Gasteiger partial charge in [0.2, 0.25) is 0 Å². The van der Waals surface area contributed by atoms with Crippen molar-refractivity contribution in [2.45, 2.75) is 53.9 Å². The number of nitrogens with zero attached hydrogens (tertiary/aromatic N) is 1. The van der Waals surface area contributed by atoms with Crippen molar-refractivity contribution in [3.05, 3.63) is 35.6 Å². The molecule has 0 atom stereocenters. The van der Waals surface area contributed by atoms with Crippen LogP contribution in [0.2, 0.25) is 0 Å². The van der Waals surface area contributed by atoms with Gasteiger partial charge in [-0.05, 0) is 63.0 Å². The summed E-state index contributed by atoms with van der Waals surface area (Å²) in [5.41, 5.74) is 2.95. The number of nitrogens with one attached hydrogen (secondary N) is 1. The van der Waals surface area contributed by atoms with E-state index in [0.29, 0.717) is 0 Å². The molecule has 2 heteroatoms. The fourth-order valence-corrected chi connectivity index (χ4v) is 2.24. The number of piperidine rings is 1. The van der Waals surface area contributed by atoms with Gasteiger partial charge in [0.05, 0.1) is 0 Å². The van der Waals surface area contributed by atoms with Gasteiger partial charge in [0.15, 0.2) is 0 Å². The standard InChI is InChI=1S/C19H34N2/c1-17(9-10-18(2)19(3,4)5)11-12-20-13-16-21-14-7-6-8-15-21/h9-12,20H,6-8,13-16H2,1-5H3/b12-11+,17-9-,18-10+. The van der Waals surface area contributed by atoms with Crippen LogP contribution in [0.3, 0.4) is 0 Å². The van der Waals surface area contributed by atoms with E-state index >= 15 is 0 Å². The molecule has 1 saturated heterocycles. The van der Waals surface area contributed by atoms with Crippen LogP contribution in [-0.4, -0.2) is 31.1 Å². The number of hydrogen-bond acceptors (Lipinski definition) is 2. The lowest BCUT2D eigenvalue weighted by molar-refractivity contribution is 0.231. The highest BCUT2D eigenvalue weighted by Gasteiger charge is 2.11. The zero-order valence-corrected chi connectivity index (χ0v) is 14.7. The van der Waals surface area contributed by atoms with Crippen molar-refractivity contribution in [3.8, 4) is 0 Å². The normalized spacial score (nSPS) is 19.3. The van der Waals surface area contributed by atoms with Crippen molar-refractivity contribution in [3.63, 3.8) is 0 Å². The van der Waals surface area contributed by atoms with Gasteiger partial charge >= 0.3 is 0 Å². The first-order valence-corrected chi connectivity index (χ1v) is 8.37. The second-order valence-electron chi connectivity index (χ2n) is 7.20. The first-order valence-electron chi connectivity index (χ1n) is 8.37. The minimum Gasteiger partial charge on any atom is -0.390 e. The van der Waals surface area contributed by atoms with Gasteiger partial charge in [0.1, 0.15) is 0 Å². The molecule has 0 unspecified atom stereocenters. The van der Waals surface area contributed by atoms with Crippen LogP contribution in [0.5, 0.6) is 0 Å². The Bertz CT molecular complexity index is 377. The molecule has 0 aromatic heterocycles. The number of allylic oxidation sites excluding steroid dienone is 5. The quantitative estimate of drug-likeness (QED) is 0.572. The van der Waals surface area contributed by atoms with E-state index in [1.165, 1.54) is 43.5 Å². The smallest absolute Gasteiger partial charge is 0.0269 e. The molecule has 0 aliphatic carbocycles. The van der Waals surface area contributed by atoms with Crippen molar-refractivity contribution in [1.82, 2.24) is 10.2 Å². The van der Waals surface area contributed by atoms with Crippen LogP contribution in [0.4, 0.5) is 0 Å². The minimum absolute atomic E-state index is 0.257. The lowest BCUT2D eigenvalue weighted by Gasteiger charge is -2.26. The Labute approximate surface area is 132 Å². The molecule has 21 heavy (non-hydrogen) atoms. The predicted octanol–water partition coefficient (Wildman–Crippen LogP) is 4.51. The topological polar surface area (TPSA) is 15.3 Å². The van der Waals surface area contributed by atoms with Gasteiger partial charge in [0, 0.05) is 13.1 Å². The number of hydrogen-bond donors (Lipinski definition) is 1. The lowest BCUT2D eigenvalue weighted by Crippen LogP contribution is -2.34. The van der Waals surface area contributed by atoms with Crippen molar-refractivity contribution >= 4 is 0 Å². The van der Waals surface area contributed by atoms with Gasteiger partial charge in [-0.1, -0.05) is 44.9 Å². The maximum atomic E-state index is 3.40. The largest absolute Gasteiger partial charge is 0.390 e. The molecular weight excluding hydrogens is 256 g/mol. The molecule has 1 aliphatic heterocycles. The van der Waals surface area contributed by atoms with Gasteiger partial charge < -0.3 is 10.2 Å². The average Bonchev–Trinajstić information content (AvgIpc) is 2.44. The van der Waals surface area contributed by atoms with E-state index in [1.54, 1.807) is 0 Å². The molecule has 1 fully saturated rings. The highest BCUT2D eigenvalue weighted by molar-refractivity contribution is 5.25. The Hall–Kier alpha value is -1.02. The van der Waals surface area contributed by atoms with E-state index in [2.05, 4.69) is 69.3 Å². The number of likely N-dealkylation sites (tertiary alicyclic amines) is 1. The zero-order chi connectivity index (χ0) is 15.7. The van der Waals surface area contributed by atoms with E-state index in [1.807, 2.05) is 0 Å². The highest BCUT2D eigenvalue weighted by Crippen LogP contribution is 2.24. The third-order valence-corrected chi connectivity index (χ3v) is 4.26. The maximum Gasteiger partial charge on any atom is 0.0269 e. The molecule has 0 aromatic rings. The molecule has 0 bridgehead atoms. The van der Waals surface area contributed by atoms with Crippen molar-refractivity contribution < 1.29 is 0 Å². The highest BCUT2D eigenvalue weighted by atomic mass is 15.1. The van der Waals surface area contributed by atoms with Crippen LogP contribution in [0.1, 0.15) is 53.9 Å². The second kappa shape index (κ2) is 9.09. The summed E-state index contributed by atoms with van der Waals surface area (Å²) in [4.78, 5) is 2.56. The molecule has 1 heterocycles. The van der Waals surface area contributed by atoms with Crippen LogP contribution < -0.4 is 5.32 Å². The molecule has 1 N–H and O–H groups in total. The summed E-state index contributed by atoms with van der Waals surface area (Å²) in [5, 5.41) is 3.40. The summed E-state index contributed by atoms with van der Waals surface area (Å²) in [6.07, 6.45) is 12.8. The molecule has 1 aliphatic rings. The molecule has 0 radical (unpaired) electrons. The first-order chi connectivity index (χ1) is 9.89.